The number of nitro benzene ring substituents is 1. The van der Waals surface area contributed by atoms with E-state index in [2.05, 4.69) is 10.3 Å². The van der Waals surface area contributed by atoms with Crippen molar-refractivity contribution in [2.75, 3.05) is 46.3 Å². The first kappa shape index (κ1) is 23.5. The van der Waals surface area contributed by atoms with E-state index in [0.717, 1.165) is 16.5 Å². The van der Waals surface area contributed by atoms with Gasteiger partial charge < -0.3 is 24.4 Å². The van der Waals surface area contributed by atoms with Crippen LogP contribution in [0.5, 0.6) is 11.5 Å². The maximum atomic E-state index is 12.9. The second kappa shape index (κ2) is 10.9. The average molecular weight is 432 g/mol. The molecule has 1 heterocycles. The van der Waals surface area contributed by atoms with Crippen LogP contribution in [-0.4, -0.2) is 67.6 Å². The number of anilines is 1. The minimum absolute atomic E-state index is 0.105. The largest absolute Gasteiger partial charge is 0.493 e. The third-order valence-corrected chi connectivity index (χ3v) is 4.16. The number of hydrogen-bond donors (Lipinski definition) is 1. The zero-order valence-electron chi connectivity index (χ0n) is 17.7. The van der Waals surface area contributed by atoms with Crippen LogP contribution in [0.2, 0.25) is 0 Å². The summed E-state index contributed by atoms with van der Waals surface area (Å²) >= 11 is 0. The minimum Gasteiger partial charge on any atom is -0.493 e. The van der Waals surface area contributed by atoms with Gasteiger partial charge in [-0.05, 0) is 24.6 Å². The lowest BCUT2D eigenvalue weighted by atomic mass is 10.1. The number of ether oxygens (including phenoxy) is 3. The summed E-state index contributed by atoms with van der Waals surface area (Å²) in [6.45, 7) is 1.93. The highest BCUT2D eigenvalue weighted by atomic mass is 16.6. The van der Waals surface area contributed by atoms with E-state index in [0.29, 0.717) is 5.82 Å². The third kappa shape index (κ3) is 6.37. The number of pyridine rings is 1. The van der Waals surface area contributed by atoms with E-state index in [-0.39, 0.29) is 36.8 Å². The SMILES string of the molecule is COCCOc1cc([N+](=O)[O-])c(C(=O)N(C)CC(=O)Nc2cc(C)ccn2)cc1OC. The molecule has 31 heavy (non-hydrogen) atoms. The molecule has 0 fully saturated rings. The van der Waals surface area contributed by atoms with Crippen molar-refractivity contribution >= 4 is 23.3 Å². The maximum absolute atomic E-state index is 12.9. The van der Waals surface area contributed by atoms with Crippen molar-refractivity contribution in [2.24, 2.45) is 0 Å². The molecule has 11 heteroatoms. The predicted molar refractivity (Wildman–Crippen MR) is 112 cm³/mol. The number of amides is 2. The summed E-state index contributed by atoms with van der Waals surface area (Å²) in [7, 11) is 4.21. The number of hydrogen-bond acceptors (Lipinski definition) is 8. The molecule has 1 N–H and O–H groups in total. The number of carbonyl (C=O) groups excluding carboxylic acids is 2. The molecule has 1 aromatic heterocycles. The van der Waals surface area contributed by atoms with Gasteiger partial charge in [-0.3, -0.25) is 19.7 Å². The number of nitro groups is 1. The molecule has 0 saturated heterocycles. The highest BCUT2D eigenvalue weighted by Gasteiger charge is 2.27. The quantitative estimate of drug-likeness (QED) is 0.343. The second-order valence-electron chi connectivity index (χ2n) is 6.55. The van der Waals surface area contributed by atoms with E-state index in [4.69, 9.17) is 14.2 Å². The number of rotatable bonds is 10. The number of likely N-dealkylation sites (N-methyl/N-ethyl adjacent to an activating group) is 1. The van der Waals surface area contributed by atoms with Crippen LogP contribution < -0.4 is 14.8 Å². The van der Waals surface area contributed by atoms with Gasteiger partial charge in [-0.25, -0.2) is 4.98 Å². The standard InChI is InChI=1S/C20H24N4O7/c1-13-5-6-21-18(9-13)22-19(25)12-23(2)20(26)14-10-16(30-4)17(31-8-7-29-3)11-15(14)24(27)28/h5-6,9-11H,7-8,12H2,1-4H3,(H,21,22,25). The highest BCUT2D eigenvalue weighted by Crippen LogP contribution is 2.35. The van der Waals surface area contributed by atoms with E-state index in [1.165, 1.54) is 27.3 Å². The van der Waals surface area contributed by atoms with Crippen molar-refractivity contribution in [3.63, 3.8) is 0 Å². The van der Waals surface area contributed by atoms with Crippen LogP contribution in [0, 0.1) is 17.0 Å². The second-order valence-corrected chi connectivity index (χ2v) is 6.55. The summed E-state index contributed by atoms with van der Waals surface area (Å²) in [6.07, 6.45) is 1.55. The number of nitrogens with zero attached hydrogens (tertiary/aromatic N) is 3. The summed E-state index contributed by atoms with van der Waals surface area (Å²) in [6, 6.07) is 5.80. The Labute approximate surface area is 179 Å². The van der Waals surface area contributed by atoms with Crippen LogP contribution in [0.1, 0.15) is 15.9 Å². The van der Waals surface area contributed by atoms with E-state index in [1.54, 1.807) is 18.3 Å². The van der Waals surface area contributed by atoms with Gasteiger partial charge in [0.2, 0.25) is 5.91 Å². The van der Waals surface area contributed by atoms with E-state index >= 15 is 0 Å². The number of aromatic nitrogens is 1. The van der Waals surface area contributed by atoms with Crippen LogP contribution in [0.25, 0.3) is 0 Å². The molecule has 0 unspecified atom stereocenters. The van der Waals surface area contributed by atoms with Gasteiger partial charge in [-0.1, -0.05) is 0 Å². The molecular formula is C20H24N4O7. The smallest absolute Gasteiger partial charge is 0.286 e. The van der Waals surface area contributed by atoms with Gasteiger partial charge in [-0.2, -0.15) is 0 Å². The summed E-state index contributed by atoms with van der Waals surface area (Å²) in [4.78, 5) is 41.1. The third-order valence-electron chi connectivity index (χ3n) is 4.16. The van der Waals surface area contributed by atoms with E-state index < -0.39 is 22.4 Å². The summed E-state index contributed by atoms with van der Waals surface area (Å²) < 4.78 is 15.5. The van der Waals surface area contributed by atoms with Crippen molar-refractivity contribution in [2.45, 2.75) is 6.92 Å². The first-order valence-electron chi connectivity index (χ1n) is 9.23. The molecular weight excluding hydrogens is 408 g/mol. The van der Waals surface area contributed by atoms with Crippen LogP contribution in [0.4, 0.5) is 11.5 Å². The Kier molecular flexibility index (Phi) is 8.26. The fraction of sp³-hybridized carbons (Fsp3) is 0.350. The molecule has 0 spiro atoms. The molecule has 2 aromatic rings. The fourth-order valence-electron chi connectivity index (χ4n) is 2.66. The van der Waals surface area contributed by atoms with Gasteiger partial charge in [-0.15, -0.1) is 0 Å². The predicted octanol–water partition coefficient (Wildman–Crippen LogP) is 2.04. The summed E-state index contributed by atoms with van der Waals surface area (Å²) in [5, 5.41) is 14.1. The Morgan fingerprint density at radius 1 is 1.19 bits per heavy atom. The van der Waals surface area contributed by atoms with Gasteiger partial charge in [0.15, 0.2) is 11.5 Å². The Morgan fingerprint density at radius 3 is 2.55 bits per heavy atom. The average Bonchev–Trinajstić information content (AvgIpc) is 2.72. The van der Waals surface area contributed by atoms with Crippen LogP contribution >= 0.6 is 0 Å². The molecule has 0 aliphatic carbocycles. The van der Waals surface area contributed by atoms with Crippen molar-refractivity contribution in [3.8, 4) is 11.5 Å². The van der Waals surface area contributed by atoms with Crippen LogP contribution in [0.3, 0.4) is 0 Å². The van der Waals surface area contributed by atoms with Crippen molar-refractivity contribution < 1.29 is 28.7 Å². The first-order chi connectivity index (χ1) is 14.8. The molecule has 0 aliphatic rings. The maximum Gasteiger partial charge on any atom is 0.286 e. The monoisotopic (exact) mass is 432 g/mol. The minimum atomic E-state index is -0.721. The molecule has 0 aliphatic heterocycles. The van der Waals surface area contributed by atoms with Gasteiger partial charge in [0, 0.05) is 26.4 Å². The van der Waals surface area contributed by atoms with Crippen molar-refractivity contribution in [1.29, 1.82) is 0 Å². The number of carbonyl (C=O) groups is 2. The van der Waals surface area contributed by atoms with Gasteiger partial charge in [0.1, 0.15) is 18.0 Å². The zero-order valence-corrected chi connectivity index (χ0v) is 17.7. The molecule has 0 bridgehead atoms. The highest BCUT2D eigenvalue weighted by molar-refractivity contribution is 6.02. The van der Waals surface area contributed by atoms with E-state index in [9.17, 15) is 19.7 Å². The summed E-state index contributed by atoms with van der Waals surface area (Å²) in [5.41, 5.74) is 0.209. The number of aryl methyl sites for hydroxylation is 1. The summed E-state index contributed by atoms with van der Waals surface area (Å²) in [5.74, 6) is -0.625. The normalized spacial score (nSPS) is 10.3. The van der Waals surface area contributed by atoms with Crippen LogP contribution in [0.15, 0.2) is 30.5 Å². The van der Waals surface area contributed by atoms with Crippen LogP contribution in [-0.2, 0) is 9.53 Å². The Bertz CT molecular complexity index is 965. The molecule has 2 amide bonds. The Hall–Kier alpha value is -3.73. The molecule has 0 saturated carbocycles. The number of nitrogens with one attached hydrogen (secondary N) is 1. The van der Waals surface area contributed by atoms with Crippen molar-refractivity contribution in [3.05, 3.63) is 51.7 Å². The number of benzene rings is 1. The zero-order chi connectivity index (χ0) is 23.0. The topological polar surface area (TPSA) is 133 Å². The lowest BCUT2D eigenvalue weighted by Crippen LogP contribution is -2.35. The molecule has 166 valence electrons. The van der Waals surface area contributed by atoms with Crippen molar-refractivity contribution in [1.82, 2.24) is 9.88 Å². The fourth-order valence-corrected chi connectivity index (χ4v) is 2.66. The van der Waals surface area contributed by atoms with Gasteiger partial charge >= 0.3 is 0 Å². The van der Waals surface area contributed by atoms with E-state index in [1.807, 2.05) is 6.92 Å². The lowest BCUT2D eigenvalue weighted by molar-refractivity contribution is -0.385. The number of methoxy groups -OCH3 is 2. The molecule has 1 aromatic carbocycles. The molecule has 2 rings (SSSR count). The first-order valence-corrected chi connectivity index (χ1v) is 9.23. The molecule has 0 radical (unpaired) electrons. The molecule has 0 atom stereocenters. The van der Waals surface area contributed by atoms with Gasteiger partial charge in [0.25, 0.3) is 11.6 Å². The Morgan fingerprint density at radius 2 is 1.94 bits per heavy atom. The molecule has 11 nitrogen and oxygen atoms in total. The lowest BCUT2D eigenvalue weighted by Gasteiger charge is -2.18. The Balaban J connectivity index is 2.21. The van der Waals surface area contributed by atoms with Gasteiger partial charge in [0.05, 0.1) is 31.3 Å².